The first-order chi connectivity index (χ1) is 18.7. The Bertz CT molecular complexity index is 1240. The first-order valence-electron chi connectivity index (χ1n) is 14.8. The summed E-state index contributed by atoms with van der Waals surface area (Å²) in [4.78, 5) is 41.0. The van der Waals surface area contributed by atoms with Crippen molar-refractivity contribution in [2.45, 2.75) is 89.7 Å². The van der Waals surface area contributed by atoms with Gasteiger partial charge in [0.05, 0.1) is 17.7 Å². The van der Waals surface area contributed by atoms with E-state index in [-0.39, 0.29) is 29.5 Å². The van der Waals surface area contributed by atoms with Crippen molar-refractivity contribution >= 4 is 11.9 Å². The van der Waals surface area contributed by atoms with E-state index in [9.17, 15) is 24.6 Å². The standard InChI is InChI=1S/C32H42N2O5/c1-23(18-24-10-4-2-5-11-24)29(36)33-17-16-32(39,31(21-33)14-8-9-15-31)22-34-20-27(30(37)38)26(19-28(34)35)25-12-6-3-7-13-25/h3,6-7,12-13,19-20,23-24,39H,2,4-5,8-11,14-18,21-22H2,1H3,(H,37,38)/t23?,32-/m1/s1. The summed E-state index contributed by atoms with van der Waals surface area (Å²) < 4.78 is 1.37. The SMILES string of the molecule is CC(CC1CCCCC1)C(=O)N1CC[C@@](O)(Cn2cc(C(=O)O)c(-c3ccccc3)cc2=O)C2(CCCC2)C1. The van der Waals surface area contributed by atoms with Gasteiger partial charge in [0.1, 0.15) is 0 Å². The van der Waals surface area contributed by atoms with Crippen molar-refractivity contribution in [2.75, 3.05) is 13.1 Å². The van der Waals surface area contributed by atoms with E-state index in [4.69, 9.17) is 0 Å². The summed E-state index contributed by atoms with van der Waals surface area (Å²) in [6.45, 7) is 3.04. The lowest BCUT2D eigenvalue weighted by atomic mass is 9.65. The van der Waals surface area contributed by atoms with Gasteiger partial charge in [-0.15, -0.1) is 0 Å². The lowest BCUT2D eigenvalue weighted by Gasteiger charge is -2.53. The maximum absolute atomic E-state index is 13.6. The Morgan fingerprint density at radius 3 is 2.38 bits per heavy atom. The minimum absolute atomic E-state index is 0.0241. The van der Waals surface area contributed by atoms with Crippen LogP contribution < -0.4 is 5.56 Å². The quantitative estimate of drug-likeness (QED) is 0.499. The molecule has 7 heteroatoms. The zero-order valence-corrected chi connectivity index (χ0v) is 23.1. The van der Waals surface area contributed by atoms with Crippen LogP contribution in [0.1, 0.15) is 87.9 Å². The second kappa shape index (κ2) is 11.3. The van der Waals surface area contributed by atoms with Crippen molar-refractivity contribution < 1.29 is 19.8 Å². The maximum atomic E-state index is 13.6. The molecule has 2 saturated carbocycles. The first kappa shape index (κ1) is 27.6. The molecule has 1 unspecified atom stereocenters. The molecule has 1 aliphatic heterocycles. The molecule has 2 heterocycles. The topological polar surface area (TPSA) is 99.8 Å². The minimum Gasteiger partial charge on any atom is -0.478 e. The molecule has 2 atom stereocenters. The number of carboxylic acids is 1. The average molecular weight is 535 g/mol. The van der Waals surface area contributed by atoms with Crippen molar-refractivity contribution in [1.82, 2.24) is 9.47 Å². The fourth-order valence-electron chi connectivity index (χ4n) is 7.63. The van der Waals surface area contributed by atoms with Crippen molar-refractivity contribution in [3.63, 3.8) is 0 Å². The third-order valence-corrected chi connectivity index (χ3v) is 9.85. The number of piperidine rings is 1. The van der Waals surface area contributed by atoms with Gasteiger partial charge in [-0.25, -0.2) is 4.79 Å². The van der Waals surface area contributed by atoms with Crippen LogP contribution in [0, 0.1) is 17.3 Å². The number of likely N-dealkylation sites (tertiary alicyclic amines) is 1. The number of carboxylic acid groups (broad SMARTS) is 1. The molecule has 1 saturated heterocycles. The molecule has 1 aromatic carbocycles. The molecule has 2 aliphatic carbocycles. The van der Waals surface area contributed by atoms with Crippen molar-refractivity contribution in [2.24, 2.45) is 17.3 Å². The Hall–Kier alpha value is -2.93. The Morgan fingerprint density at radius 1 is 1.03 bits per heavy atom. The number of aromatic carboxylic acids is 1. The van der Waals surface area contributed by atoms with Crippen molar-refractivity contribution in [1.29, 1.82) is 0 Å². The summed E-state index contributed by atoms with van der Waals surface area (Å²) in [5, 5.41) is 22.1. The van der Waals surface area contributed by atoms with Crippen LogP contribution in [0.2, 0.25) is 0 Å². The fourth-order valence-corrected chi connectivity index (χ4v) is 7.63. The van der Waals surface area contributed by atoms with E-state index in [2.05, 4.69) is 6.92 Å². The number of amides is 1. The first-order valence-corrected chi connectivity index (χ1v) is 14.8. The highest BCUT2D eigenvalue weighted by Crippen LogP contribution is 2.52. The molecule has 0 bridgehead atoms. The summed E-state index contributed by atoms with van der Waals surface area (Å²) in [7, 11) is 0. The van der Waals surface area contributed by atoms with Gasteiger partial charge >= 0.3 is 5.97 Å². The van der Waals surface area contributed by atoms with Crippen molar-refractivity contribution in [3.8, 4) is 11.1 Å². The van der Waals surface area contributed by atoms with Crippen LogP contribution in [0.5, 0.6) is 0 Å². The highest BCUT2D eigenvalue weighted by Gasteiger charge is 2.55. The van der Waals surface area contributed by atoms with Gasteiger partial charge < -0.3 is 19.7 Å². The summed E-state index contributed by atoms with van der Waals surface area (Å²) in [6.07, 6.45) is 12.5. The molecule has 3 fully saturated rings. The Labute approximate surface area is 230 Å². The van der Waals surface area contributed by atoms with E-state index >= 15 is 0 Å². The third-order valence-electron chi connectivity index (χ3n) is 9.85. The molecular weight excluding hydrogens is 492 g/mol. The van der Waals surface area contributed by atoms with Gasteiger partial charge in [-0.1, -0.05) is 82.2 Å². The molecule has 1 amide bonds. The van der Waals surface area contributed by atoms with E-state index in [1.54, 1.807) is 12.1 Å². The monoisotopic (exact) mass is 534 g/mol. The second-order valence-electron chi connectivity index (χ2n) is 12.4. The summed E-state index contributed by atoms with van der Waals surface area (Å²) >= 11 is 0. The number of hydrogen-bond acceptors (Lipinski definition) is 4. The molecule has 3 aliphatic rings. The van der Waals surface area contributed by atoms with E-state index in [0.29, 0.717) is 36.6 Å². The molecule has 210 valence electrons. The summed E-state index contributed by atoms with van der Waals surface area (Å²) in [5.41, 5.74) is -0.944. The van der Waals surface area contributed by atoms with E-state index in [1.807, 2.05) is 23.1 Å². The zero-order chi connectivity index (χ0) is 27.6. The summed E-state index contributed by atoms with van der Waals surface area (Å²) in [5.74, 6) is -0.318. The number of benzene rings is 1. The van der Waals surface area contributed by atoms with Gasteiger partial charge in [-0.3, -0.25) is 9.59 Å². The fraction of sp³-hybridized carbons (Fsp3) is 0.594. The molecule has 0 radical (unpaired) electrons. The Morgan fingerprint density at radius 2 is 1.72 bits per heavy atom. The number of rotatable bonds is 7. The van der Waals surface area contributed by atoms with Crippen molar-refractivity contribution in [3.05, 3.63) is 58.5 Å². The molecule has 1 spiro atoms. The van der Waals surface area contributed by atoms with Gasteiger partial charge in [0.2, 0.25) is 5.91 Å². The van der Waals surface area contributed by atoms with Crippen LogP contribution in [0.4, 0.5) is 0 Å². The molecule has 2 N–H and O–H groups in total. The van der Waals surface area contributed by atoms with Crippen LogP contribution in [0.15, 0.2) is 47.4 Å². The zero-order valence-electron chi connectivity index (χ0n) is 23.1. The van der Waals surface area contributed by atoms with Crippen LogP contribution in [-0.4, -0.2) is 50.2 Å². The highest BCUT2D eigenvalue weighted by molar-refractivity contribution is 5.95. The maximum Gasteiger partial charge on any atom is 0.337 e. The predicted octanol–water partition coefficient (Wildman–Crippen LogP) is 5.34. The van der Waals surface area contributed by atoms with E-state index in [0.717, 1.165) is 32.1 Å². The van der Waals surface area contributed by atoms with Crippen LogP contribution >= 0.6 is 0 Å². The largest absolute Gasteiger partial charge is 0.478 e. The molecular formula is C32H42N2O5. The van der Waals surface area contributed by atoms with Gasteiger partial charge in [-0.2, -0.15) is 0 Å². The third kappa shape index (κ3) is 5.56. The van der Waals surface area contributed by atoms with E-state index < -0.39 is 17.0 Å². The average Bonchev–Trinajstić information content (AvgIpc) is 3.42. The number of carbonyl (C=O) groups excluding carboxylic acids is 1. The van der Waals surface area contributed by atoms with Gasteiger partial charge in [0.25, 0.3) is 5.56 Å². The van der Waals surface area contributed by atoms with Crippen LogP contribution in [0.25, 0.3) is 11.1 Å². The van der Waals surface area contributed by atoms with Crippen LogP contribution in [0.3, 0.4) is 0 Å². The van der Waals surface area contributed by atoms with Gasteiger partial charge in [-0.05, 0) is 37.2 Å². The number of nitrogens with zero attached hydrogens (tertiary/aromatic N) is 2. The number of hydrogen-bond donors (Lipinski definition) is 2. The van der Waals surface area contributed by atoms with Gasteiger partial charge in [0, 0.05) is 42.2 Å². The lowest BCUT2D eigenvalue weighted by molar-refractivity contribution is -0.163. The molecule has 7 nitrogen and oxygen atoms in total. The Kier molecular flexibility index (Phi) is 7.99. The number of aliphatic hydroxyl groups is 1. The minimum atomic E-state index is -1.19. The smallest absolute Gasteiger partial charge is 0.337 e. The molecule has 5 rings (SSSR count). The molecule has 39 heavy (non-hydrogen) atoms. The molecule has 2 aromatic rings. The number of carbonyl (C=O) groups is 2. The lowest BCUT2D eigenvalue weighted by Crippen LogP contribution is -2.62. The highest BCUT2D eigenvalue weighted by atomic mass is 16.4. The van der Waals surface area contributed by atoms with E-state index in [1.165, 1.54) is 48.9 Å². The molecule has 1 aromatic heterocycles. The van der Waals surface area contributed by atoms with Gasteiger partial charge in [0.15, 0.2) is 0 Å². The summed E-state index contributed by atoms with van der Waals surface area (Å²) in [6, 6.07) is 10.4. The second-order valence-corrected chi connectivity index (χ2v) is 12.4. The predicted molar refractivity (Wildman–Crippen MR) is 151 cm³/mol. The number of pyridine rings is 1. The Balaban J connectivity index is 1.38. The normalized spacial score (nSPS) is 24.1. The van der Waals surface area contributed by atoms with Crippen LogP contribution in [-0.2, 0) is 11.3 Å². The number of aromatic nitrogens is 1.